The van der Waals surface area contributed by atoms with Gasteiger partial charge < -0.3 is 15.3 Å². The van der Waals surface area contributed by atoms with Gasteiger partial charge in [-0.2, -0.15) is 5.10 Å². The fraction of sp³-hybridized carbons (Fsp3) is 0.133. The summed E-state index contributed by atoms with van der Waals surface area (Å²) in [7, 11) is 0. The number of pyridine rings is 1. The molecule has 0 radical (unpaired) electrons. The maximum atomic E-state index is 12.0. The quantitative estimate of drug-likeness (QED) is 0.477. The van der Waals surface area contributed by atoms with Crippen molar-refractivity contribution in [1.82, 2.24) is 10.4 Å². The molecule has 120 valence electrons. The van der Waals surface area contributed by atoms with Crippen LogP contribution in [-0.4, -0.2) is 32.4 Å². The van der Waals surface area contributed by atoms with E-state index in [4.69, 9.17) is 0 Å². The lowest BCUT2D eigenvalue weighted by Gasteiger charge is -2.07. The Hall–Kier alpha value is -2.45. The summed E-state index contributed by atoms with van der Waals surface area (Å²) in [5, 5.41) is 32.6. The van der Waals surface area contributed by atoms with Crippen LogP contribution in [0, 0.1) is 6.92 Å². The number of phenols is 1. The van der Waals surface area contributed by atoms with Crippen LogP contribution in [0.5, 0.6) is 11.5 Å². The van der Waals surface area contributed by atoms with Crippen LogP contribution < -0.4 is 5.43 Å². The number of aliphatic hydroxyl groups is 1. The van der Waals surface area contributed by atoms with Crippen molar-refractivity contribution in [2.45, 2.75) is 13.5 Å². The van der Waals surface area contributed by atoms with Gasteiger partial charge in [-0.3, -0.25) is 9.78 Å². The average molecular weight is 380 g/mol. The van der Waals surface area contributed by atoms with Crippen LogP contribution in [0.15, 0.2) is 34.0 Å². The molecule has 2 aromatic rings. The summed E-state index contributed by atoms with van der Waals surface area (Å²) < 4.78 is 0.634. The van der Waals surface area contributed by atoms with Crippen molar-refractivity contribution in [3.05, 3.63) is 51.3 Å². The lowest BCUT2D eigenvalue weighted by molar-refractivity contribution is 0.0952. The van der Waals surface area contributed by atoms with E-state index in [1.165, 1.54) is 24.5 Å². The lowest BCUT2D eigenvalue weighted by Crippen LogP contribution is -2.18. The molecule has 4 N–H and O–H groups in total. The number of rotatable bonds is 4. The van der Waals surface area contributed by atoms with Gasteiger partial charge >= 0.3 is 0 Å². The molecule has 2 rings (SSSR count). The number of hydrazone groups is 1. The second kappa shape index (κ2) is 7.21. The number of benzene rings is 1. The van der Waals surface area contributed by atoms with Crippen molar-refractivity contribution < 1.29 is 20.1 Å². The summed E-state index contributed by atoms with van der Waals surface area (Å²) in [6.45, 7) is 1.27. The van der Waals surface area contributed by atoms with E-state index in [0.717, 1.165) is 0 Å². The van der Waals surface area contributed by atoms with Crippen molar-refractivity contribution in [2.24, 2.45) is 5.10 Å². The summed E-state index contributed by atoms with van der Waals surface area (Å²) >= 11 is 3.21. The molecular formula is C15H14BrN3O4. The molecule has 0 aliphatic rings. The molecule has 0 atom stereocenters. The highest BCUT2D eigenvalue weighted by molar-refractivity contribution is 9.10. The number of nitrogens with one attached hydrogen (secondary N) is 1. The Kier molecular flexibility index (Phi) is 5.30. The summed E-state index contributed by atoms with van der Waals surface area (Å²) in [4.78, 5) is 15.9. The highest BCUT2D eigenvalue weighted by Crippen LogP contribution is 2.23. The van der Waals surface area contributed by atoms with Crippen LogP contribution in [0.2, 0.25) is 0 Å². The Balaban J connectivity index is 2.21. The number of hydrogen-bond acceptors (Lipinski definition) is 6. The van der Waals surface area contributed by atoms with Crippen LogP contribution >= 0.6 is 15.9 Å². The van der Waals surface area contributed by atoms with Crippen molar-refractivity contribution in [3.8, 4) is 11.5 Å². The number of hydrogen-bond donors (Lipinski definition) is 4. The molecule has 0 fully saturated rings. The summed E-state index contributed by atoms with van der Waals surface area (Å²) in [5.41, 5.74) is 3.31. The Morgan fingerprint density at radius 2 is 2.17 bits per heavy atom. The number of halogens is 1. The normalized spacial score (nSPS) is 10.9. The molecule has 0 saturated carbocycles. The largest absolute Gasteiger partial charge is 0.507 e. The third kappa shape index (κ3) is 3.85. The Morgan fingerprint density at radius 1 is 1.43 bits per heavy atom. The average Bonchev–Trinajstić information content (AvgIpc) is 2.53. The number of carbonyl (C=O) groups is 1. The van der Waals surface area contributed by atoms with Gasteiger partial charge in [0.05, 0.1) is 24.1 Å². The molecule has 1 aromatic heterocycles. The number of aromatic nitrogens is 1. The fourth-order valence-electron chi connectivity index (χ4n) is 1.83. The van der Waals surface area contributed by atoms with Crippen LogP contribution in [0.1, 0.15) is 27.2 Å². The van der Waals surface area contributed by atoms with Gasteiger partial charge in [0.25, 0.3) is 5.91 Å². The number of amides is 1. The van der Waals surface area contributed by atoms with Crippen LogP contribution in [0.3, 0.4) is 0 Å². The van der Waals surface area contributed by atoms with Crippen LogP contribution in [0.25, 0.3) is 0 Å². The molecule has 0 bridgehead atoms. The van der Waals surface area contributed by atoms with E-state index in [-0.39, 0.29) is 29.2 Å². The van der Waals surface area contributed by atoms with Crippen molar-refractivity contribution >= 4 is 28.1 Å². The third-order valence-corrected chi connectivity index (χ3v) is 3.58. The second-order valence-electron chi connectivity index (χ2n) is 4.65. The van der Waals surface area contributed by atoms with E-state index < -0.39 is 5.91 Å². The summed E-state index contributed by atoms with van der Waals surface area (Å²) in [5.74, 6) is -0.921. The molecule has 0 aliphatic heterocycles. The van der Waals surface area contributed by atoms with E-state index in [2.05, 4.69) is 31.4 Å². The molecule has 0 spiro atoms. The predicted molar refractivity (Wildman–Crippen MR) is 87.4 cm³/mol. The molecule has 7 nitrogen and oxygen atoms in total. The van der Waals surface area contributed by atoms with Crippen LogP contribution in [-0.2, 0) is 6.61 Å². The zero-order valence-corrected chi connectivity index (χ0v) is 13.7. The topological polar surface area (TPSA) is 115 Å². The van der Waals surface area contributed by atoms with Crippen molar-refractivity contribution in [3.63, 3.8) is 0 Å². The number of aliphatic hydroxyl groups excluding tert-OH is 1. The molecule has 1 aromatic carbocycles. The highest BCUT2D eigenvalue weighted by atomic mass is 79.9. The Bertz CT molecular complexity index is 778. The first-order chi connectivity index (χ1) is 10.9. The van der Waals surface area contributed by atoms with E-state index in [1.807, 2.05) is 0 Å². The maximum absolute atomic E-state index is 12.0. The first kappa shape index (κ1) is 16.9. The van der Waals surface area contributed by atoms with Gasteiger partial charge in [-0.1, -0.05) is 15.9 Å². The molecular weight excluding hydrogens is 366 g/mol. The predicted octanol–water partition coefficient (Wildman–Crippen LogP) is 1.82. The number of aromatic hydroxyl groups is 2. The summed E-state index contributed by atoms with van der Waals surface area (Å²) in [6.07, 6.45) is 2.63. The smallest absolute Gasteiger partial charge is 0.275 e. The Labute approximate surface area is 140 Å². The molecule has 1 heterocycles. The van der Waals surface area contributed by atoms with E-state index >= 15 is 0 Å². The minimum absolute atomic E-state index is 0.0500. The van der Waals surface area contributed by atoms with Crippen molar-refractivity contribution in [1.29, 1.82) is 0 Å². The zero-order chi connectivity index (χ0) is 17.0. The Morgan fingerprint density at radius 3 is 2.87 bits per heavy atom. The standard InChI is InChI=1S/C15H14BrN3O4/c1-8-14(22)12(9(7-20)5-17-8)6-18-19-15(23)11-4-10(16)2-3-13(11)21/h2-6,20-22H,7H2,1H3,(H,19,23)/b18-6-. The van der Waals surface area contributed by atoms with Crippen LogP contribution in [0.4, 0.5) is 0 Å². The molecule has 1 amide bonds. The monoisotopic (exact) mass is 379 g/mol. The number of aryl methyl sites for hydroxylation is 1. The molecule has 23 heavy (non-hydrogen) atoms. The van der Waals surface area contributed by atoms with Gasteiger partial charge in [-0.15, -0.1) is 0 Å². The van der Waals surface area contributed by atoms with Gasteiger partial charge in [0.2, 0.25) is 0 Å². The third-order valence-electron chi connectivity index (χ3n) is 3.09. The molecule has 0 aliphatic carbocycles. The molecule has 0 unspecified atom stereocenters. The van der Waals surface area contributed by atoms with Gasteiger partial charge in [0.1, 0.15) is 11.5 Å². The second-order valence-corrected chi connectivity index (χ2v) is 5.57. The molecule has 0 saturated heterocycles. The van der Waals surface area contributed by atoms with E-state index in [9.17, 15) is 20.1 Å². The van der Waals surface area contributed by atoms with Gasteiger partial charge in [0, 0.05) is 21.8 Å². The highest BCUT2D eigenvalue weighted by Gasteiger charge is 2.12. The zero-order valence-electron chi connectivity index (χ0n) is 12.1. The van der Waals surface area contributed by atoms with Gasteiger partial charge in [-0.05, 0) is 25.1 Å². The maximum Gasteiger partial charge on any atom is 0.275 e. The SMILES string of the molecule is Cc1ncc(CO)c(/C=N\NC(=O)c2cc(Br)ccc2O)c1O. The number of phenolic OH excluding ortho intramolecular Hbond substituents is 1. The lowest BCUT2D eigenvalue weighted by atomic mass is 10.1. The van der Waals surface area contributed by atoms with Gasteiger partial charge in [0.15, 0.2) is 0 Å². The molecule has 8 heteroatoms. The van der Waals surface area contributed by atoms with Gasteiger partial charge in [-0.25, -0.2) is 5.43 Å². The van der Waals surface area contributed by atoms with Crippen molar-refractivity contribution in [2.75, 3.05) is 0 Å². The number of carbonyl (C=O) groups excluding carboxylic acids is 1. The minimum Gasteiger partial charge on any atom is -0.507 e. The first-order valence-electron chi connectivity index (χ1n) is 6.54. The minimum atomic E-state index is -0.615. The first-order valence-corrected chi connectivity index (χ1v) is 7.33. The number of nitrogens with zero attached hydrogens (tertiary/aromatic N) is 2. The summed E-state index contributed by atoms with van der Waals surface area (Å²) in [6, 6.07) is 4.43. The van der Waals surface area contributed by atoms with E-state index in [1.54, 1.807) is 13.0 Å². The van der Waals surface area contributed by atoms with E-state index in [0.29, 0.717) is 15.7 Å². The fourth-order valence-corrected chi connectivity index (χ4v) is 2.19.